The van der Waals surface area contributed by atoms with Crippen molar-refractivity contribution in [1.82, 2.24) is 24.5 Å². The van der Waals surface area contributed by atoms with Gasteiger partial charge in [-0.2, -0.15) is 5.10 Å². The number of carbonyl (C=O) groups is 1. The fourth-order valence-electron chi connectivity index (χ4n) is 1.95. The number of fused-ring (bicyclic) bond motifs is 1. The van der Waals surface area contributed by atoms with Crippen LogP contribution in [0.15, 0.2) is 17.8 Å². The van der Waals surface area contributed by atoms with Gasteiger partial charge in [0.15, 0.2) is 10.7 Å². The van der Waals surface area contributed by atoms with Crippen molar-refractivity contribution in [2.75, 3.05) is 5.73 Å². The van der Waals surface area contributed by atoms with E-state index in [4.69, 9.17) is 5.73 Å². The number of anilines is 1. The lowest BCUT2D eigenvalue weighted by Gasteiger charge is -2.02. The van der Waals surface area contributed by atoms with Crippen molar-refractivity contribution in [2.45, 2.75) is 13.5 Å². The molecule has 7 nitrogen and oxygen atoms in total. The average Bonchev–Trinajstić information content (AvgIpc) is 3.08. The molecule has 0 radical (unpaired) electrons. The lowest BCUT2D eigenvalue weighted by Crippen LogP contribution is -2.24. The van der Waals surface area contributed by atoms with Crippen LogP contribution in [-0.4, -0.2) is 25.1 Å². The van der Waals surface area contributed by atoms with E-state index in [0.29, 0.717) is 12.2 Å². The Bertz CT molecular complexity index is 783. The highest BCUT2D eigenvalue weighted by Crippen LogP contribution is 2.15. The van der Waals surface area contributed by atoms with Crippen molar-refractivity contribution in [3.05, 3.63) is 34.9 Å². The van der Waals surface area contributed by atoms with Crippen LogP contribution < -0.4 is 11.1 Å². The Kier molecular flexibility index (Phi) is 2.94. The molecule has 0 bridgehead atoms. The minimum Gasteiger partial charge on any atom is -0.395 e. The van der Waals surface area contributed by atoms with Crippen LogP contribution in [0.4, 0.5) is 5.69 Å². The summed E-state index contributed by atoms with van der Waals surface area (Å²) in [7, 11) is 1.76. The van der Waals surface area contributed by atoms with Crippen molar-refractivity contribution in [3.63, 3.8) is 0 Å². The summed E-state index contributed by atoms with van der Waals surface area (Å²) < 4.78 is 3.54. The highest BCUT2D eigenvalue weighted by atomic mass is 32.1. The maximum atomic E-state index is 12.1. The van der Waals surface area contributed by atoms with Gasteiger partial charge < -0.3 is 11.1 Å². The van der Waals surface area contributed by atoms with Gasteiger partial charge in [-0.25, -0.2) is 4.98 Å². The first kappa shape index (κ1) is 12.7. The second-order valence-corrected chi connectivity index (χ2v) is 5.33. The number of nitrogens with zero attached hydrogens (tertiary/aromatic N) is 4. The monoisotopic (exact) mass is 290 g/mol. The van der Waals surface area contributed by atoms with Gasteiger partial charge in [-0.3, -0.25) is 13.9 Å². The van der Waals surface area contributed by atoms with Gasteiger partial charge in [-0.15, -0.1) is 11.3 Å². The Morgan fingerprint density at radius 1 is 1.55 bits per heavy atom. The molecule has 0 aliphatic heterocycles. The third-order valence-corrected chi connectivity index (χ3v) is 4.02. The van der Waals surface area contributed by atoms with E-state index in [9.17, 15) is 4.79 Å². The molecule has 0 aromatic carbocycles. The largest absolute Gasteiger partial charge is 0.395 e. The molecule has 3 aromatic heterocycles. The summed E-state index contributed by atoms with van der Waals surface area (Å²) in [5, 5.41) is 8.89. The average molecular weight is 290 g/mol. The van der Waals surface area contributed by atoms with E-state index in [0.717, 1.165) is 16.3 Å². The van der Waals surface area contributed by atoms with Crippen molar-refractivity contribution in [1.29, 1.82) is 0 Å². The summed E-state index contributed by atoms with van der Waals surface area (Å²) in [4.78, 5) is 17.3. The van der Waals surface area contributed by atoms with Crippen LogP contribution in [0.3, 0.4) is 0 Å². The van der Waals surface area contributed by atoms with E-state index < -0.39 is 0 Å². The smallest absolute Gasteiger partial charge is 0.274 e. The number of nitrogens with one attached hydrogen (secondary N) is 1. The van der Waals surface area contributed by atoms with E-state index in [1.54, 1.807) is 29.3 Å². The van der Waals surface area contributed by atoms with Gasteiger partial charge >= 0.3 is 0 Å². The number of carbonyl (C=O) groups excluding carboxylic acids is 1. The first-order valence-electron chi connectivity index (χ1n) is 6.04. The molecule has 3 aromatic rings. The van der Waals surface area contributed by atoms with Gasteiger partial charge in [0.25, 0.3) is 5.91 Å². The number of hydrogen-bond donors (Lipinski definition) is 2. The predicted molar refractivity (Wildman–Crippen MR) is 76.6 cm³/mol. The zero-order valence-corrected chi connectivity index (χ0v) is 11.9. The normalized spacial score (nSPS) is 11.1. The fourth-order valence-corrected chi connectivity index (χ4v) is 2.66. The van der Waals surface area contributed by atoms with Crippen molar-refractivity contribution < 1.29 is 4.79 Å². The molecule has 0 spiro atoms. The van der Waals surface area contributed by atoms with E-state index in [1.807, 2.05) is 22.9 Å². The van der Waals surface area contributed by atoms with Gasteiger partial charge in [-0.1, -0.05) is 0 Å². The molecule has 0 saturated heterocycles. The molecule has 3 rings (SSSR count). The Morgan fingerprint density at radius 2 is 2.35 bits per heavy atom. The van der Waals surface area contributed by atoms with Crippen LogP contribution in [-0.2, 0) is 13.6 Å². The van der Waals surface area contributed by atoms with Crippen molar-refractivity contribution in [3.8, 4) is 0 Å². The molecular formula is C12H14N6OS. The summed E-state index contributed by atoms with van der Waals surface area (Å²) in [6.07, 6.45) is 3.67. The summed E-state index contributed by atoms with van der Waals surface area (Å²) >= 11 is 1.55. The summed E-state index contributed by atoms with van der Waals surface area (Å²) in [6, 6.07) is 0. The quantitative estimate of drug-likeness (QED) is 0.751. The SMILES string of the molecule is Cc1c(N)c(C(=O)NCc2cnc3sccn23)nn1C. The molecule has 0 unspecified atom stereocenters. The molecule has 20 heavy (non-hydrogen) atoms. The molecular weight excluding hydrogens is 276 g/mol. The Labute approximate surface area is 119 Å². The van der Waals surface area contributed by atoms with Crippen LogP contribution >= 0.6 is 11.3 Å². The Morgan fingerprint density at radius 3 is 3.05 bits per heavy atom. The molecule has 0 saturated carbocycles. The fraction of sp³-hybridized carbons (Fsp3) is 0.250. The number of hydrogen-bond acceptors (Lipinski definition) is 5. The second kappa shape index (κ2) is 4.64. The van der Waals surface area contributed by atoms with E-state index in [-0.39, 0.29) is 11.6 Å². The van der Waals surface area contributed by atoms with Gasteiger partial charge in [-0.05, 0) is 6.92 Å². The topological polar surface area (TPSA) is 90.2 Å². The van der Waals surface area contributed by atoms with Gasteiger partial charge in [0.05, 0.1) is 29.8 Å². The molecule has 0 aliphatic rings. The second-order valence-electron chi connectivity index (χ2n) is 4.46. The number of rotatable bonds is 3. The highest BCUT2D eigenvalue weighted by Gasteiger charge is 2.17. The predicted octanol–water partition coefficient (Wildman–Crippen LogP) is 0.950. The lowest BCUT2D eigenvalue weighted by molar-refractivity contribution is 0.0945. The Hall–Kier alpha value is -2.35. The van der Waals surface area contributed by atoms with Crippen LogP contribution in [0.1, 0.15) is 21.9 Å². The first-order valence-corrected chi connectivity index (χ1v) is 6.92. The lowest BCUT2D eigenvalue weighted by atomic mass is 10.3. The van der Waals surface area contributed by atoms with E-state index in [2.05, 4.69) is 15.4 Å². The summed E-state index contributed by atoms with van der Waals surface area (Å²) in [5.74, 6) is -0.281. The third kappa shape index (κ3) is 1.94. The maximum absolute atomic E-state index is 12.1. The number of nitrogen functional groups attached to an aromatic ring is 1. The molecule has 3 N–H and O–H groups in total. The molecule has 0 atom stereocenters. The molecule has 1 amide bonds. The highest BCUT2D eigenvalue weighted by molar-refractivity contribution is 7.15. The molecule has 0 aliphatic carbocycles. The minimum atomic E-state index is -0.281. The van der Waals surface area contributed by atoms with E-state index >= 15 is 0 Å². The van der Waals surface area contributed by atoms with Crippen LogP contribution in [0, 0.1) is 6.92 Å². The Balaban J connectivity index is 1.77. The van der Waals surface area contributed by atoms with Crippen molar-refractivity contribution >= 4 is 27.9 Å². The zero-order chi connectivity index (χ0) is 14.3. The minimum absolute atomic E-state index is 0.260. The number of thiazole rings is 1. The van der Waals surface area contributed by atoms with Crippen LogP contribution in [0.2, 0.25) is 0 Å². The summed E-state index contributed by atoms with van der Waals surface area (Å²) in [6.45, 7) is 2.21. The van der Waals surface area contributed by atoms with E-state index in [1.165, 1.54) is 0 Å². The van der Waals surface area contributed by atoms with Gasteiger partial charge in [0, 0.05) is 18.6 Å². The first-order chi connectivity index (χ1) is 9.58. The van der Waals surface area contributed by atoms with Crippen molar-refractivity contribution in [2.24, 2.45) is 7.05 Å². The number of aryl methyl sites for hydroxylation is 1. The number of nitrogens with two attached hydrogens (primary N) is 1. The van der Waals surface area contributed by atoms with Crippen LogP contribution in [0.5, 0.6) is 0 Å². The number of amides is 1. The van der Waals surface area contributed by atoms with Gasteiger partial charge in [0.1, 0.15) is 0 Å². The van der Waals surface area contributed by atoms with Crippen LogP contribution in [0.25, 0.3) is 4.96 Å². The summed E-state index contributed by atoms with van der Waals surface area (Å²) in [5.41, 5.74) is 8.24. The number of imidazole rings is 1. The molecule has 8 heteroatoms. The zero-order valence-electron chi connectivity index (χ0n) is 11.1. The van der Waals surface area contributed by atoms with Gasteiger partial charge in [0.2, 0.25) is 0 Å². The maximum Gasteiger partial charge on any atom is 0.274 e. The molecule has 3 heterocycles. The molecule has 104 valence electrons. The number of aromatic nitrogens is 4. The standard InChI is InChI=1S/C12H14N6OS/c1-7-9(13)10(16-17(7)2)11(19)14-5-8-6-15-12-18(8)3-4-20-12/h3-4,6H,5,13H2,1-2H3,(H,14,19). The third-order valence-electron chi connectivity index (χ3n) is 3.25. The molecule has 0 fully saturated rings.